The number of aliphatic carboxylic acids is 1. The quantitative estimate of drug-likeness (QED) is 0.895. The Labute approximate surface area is 125 Å². The van der Waals surface area contributed by atoms with Crippen molar-refractivity contribution in [1.82, 2.24) is 4.90 Å². The number of nitrogens with one attached hydrogen (secondary N) is 1. The first-order chi connectivity index (χ1) is 10.0. The highest BCUT2D eigenvalue weighted by Gasteiger charge is 2.39. The van der Waals surface area contributed by atoms with Gasteiger partial charge in [-0.15, -0.1) is 0 Å². The van der Waals surface area contributed by atoms with E-state index in [1.165, 1.54) is 10.5 Å². The number of nitrogens with zero attached hydrogens (tertiary/aromatic N) is 1. The zero-order valence-electron chi connectivity index (χ0n) is 12.5. The van der Waals surface area contributed by atoms with Crippen LogP contribution in [0.5, 0.6) is 0 Å². The summed E-state index contributed by atoms with van der Waals surface area (Å²) in [5.41, 5.74) is 1.93. The summed E-state index contributed by atoms with van der Waals surface area (Å²) in [7, 11) is 0. The molecule has 2 atom stereocenters. The second-order valence-electron chi connectivity index (χ2n) is 5.62. The molecule has 1 aliphatic rings. The fourth-order valence-corrected chi connectivity index (χ4v) is 2.79. The predicted octanol–water partition coefficient (Wildman–Crippen LogP) is 2.97. The van der Waals surface area contributed by atoms with Gasteiger partial charge in [-0.05, 0) is 36.5 Å². The number of amides is 2. The van der Waals surface area contributed by atoms with E-state index in [-0.39, 0.29) is 11.9 Å². The minimum atomic E-state index is -0.937. The molecule has 0 aromatic heterocycles. The lowest BCUT2D eigenvalue weighted by Crippen LogP contribution is -2.44. The highest BCUT2D eigenvalue weighted by atomic mass is 16.4. The summed E-state index contributed by atoms with van der Waals surface area (Å²) < 4.78 is 0. The fraction of sp³-hybridized carbons (Fsp3) is 0.500. The van der Waals surface area contributed by atoms with Gasteiger partial charge in [-0.1, -0.05) is 32.4 Å². The third kappa shape index (κ3) is 3.54. The Morgan fingerprint density at radius 1 is 1.33 bits per heavy atom. The molecule has 0 aliphatic carbocycles. The molecule has 2 amide bonds. The number of hydrogen-bond acceptors (Lipinski definition) is 2. The number of urea groups is 1. The molecule has 1 fully saturated rings. The molecule has 1 saturated heterocycles. The highest BCUT2D eigenvalue weighted by Crippen LogP contribution is 2.25. The molecule has 0 spiro atoms. The first-order valence-electron chi connectivity index (χ1n) is 7.42. The third-order valence-corrected chi connectivity index (χ3v) is 3.96. The number of carboxylic acid groups (broad SMARTS) is 1. The Morgan fingerprint density at radius 3 is 2.57 bits per heavy atom. The molecule has 2 N–H and O–H groups in total. The summed E-state index contributed by atoms with van der Waals surface area (Å²) in [6, 6.07) is 6.62. The van der Waals surface area contributed by atoms with E-state index in [1.54, 1.807) is 0 Å². The summed E-state index contributed by atoms with van der Waals surface area (Å²) in [5, 5.41) is 12.0. The SMILES string of the molecule is CCCc1ccc(NC(=O)N2CCC(C)C2C(=O)O)cc1. The normalized spacial score (nSPS) is 21.3. The number of anilines is 1. The van der Waals surface area contributed by atoms with Crippen molar-refractivity contribution in [2.75, 3.05) is 11.9 Å². The number of rotatable bonds is 4. The fourth-order valence-electron chi connectivity index (χ4n) is 2.79. The van der Waals surface area contributed by atoms with E-state index in [0.29, 0.717) is 12.2 Å². The molecule has 0 bridgehead atoms. The first kappa shape index (κ1) is 15.4. The van der Waals surface area contributed by atoms with Crippen LogP contribution in [-0.4, -0.2) is 34.6 Å². The van der Waals surface area contributed by atoms with Crippen LogP contribution >= 0.6 is 0 Å². The Balaban J connectivity index is 2.02. The lowest BCUT2D eigenvalue weighted by Gasteiger charge is -2.23. The number of carbonyl (C=O) groups is 2. The van der Waals surface area contributed by atoms with Crippen LogP contribution < -0.4 is 5.32 Å². The molecule has 21 heavy (non-hydrogen) atoms. The first-order valence-corrected chi connectivity index (χ1v) is 7.42. The van der Waals surface area contributed by atoms with Crippen LogP contribution in [0.2, 0.25) is 0 Å². The lowest BCUT2D eigenvalue weighted by atomic mass is 10.0. The van der Waals surface area contributed by atoms with E-state index in [4.69, 9.17) is 0 Å². The summed E-state index contributed by atoms with van der Waals surface area (Å²) in [6.07, 6.45) is 2.82. The maximum absolute atomic E-state index is 12.2. The molecular weight excluding hydrogens is 268 g/mol. The molecule has 1 heterocycles. The zero-order valence-corrected chi connectivity index (χ0v) is 12.5. The lowest BCUT2D eigenvalue weighted by molar-refractivity contribution is -0.142. The van der Waals surface area contributed by atoms with Gasteiger partial charge in [0.1, 0.15) is 6.04 Å². The van der Waals surface area contributed by atoms with Crippen LogP contribution in [0.25, 0.3) is 0 Å². The van der Waals surface area contributed by atoms with Crippen molar-refractivity contribution in [3.8, 4) is 0 Å². The molecule has 5 nitrogen and oxygen atoms in total. The Morgan fingerprint density at radius 2 is 2.00 bits per heavy atom. The van der Waals surface area contributed by atoms with Crippen molar-refractivity contribution in [1.29, 1.82) is 0 Å². The monoisotopic (exact) mass is 290 g/mol. The van der Waals surface area contributed by atoms with Gasteiger partial charge in [0.05, 0.1) is 0 Å². The van der Waals surface area contributed by atoms with E-state index in [2.05, 4.69) is 12.2 Å². The second kappa shape index (κ2) is 6.61. The highest BCUT2D eigenvalue weighted by molar-refractivity contribution is 5.92. The van der Waals surface area contributed by atoms with Gasteiger partial charge in [-0.25, -0.2) is 9.59 Å². The summed E-state index contributed by atoms with van der Waals surface area (Å²) in [5.74, 6) is -0.950. The molecule has 1 aromatic rings. The number of likely N-dealkylation sites (tertiary alicyclic amines) is 1. The van der Waals surface area contributed by atoms with Gasteiger partial charge in [-0.2, -0.15) is 0 Å². The van der Waals surface area contributed by atoms with E-state index in [0.717, 1.165) is 19.3 Å². The van der Waals surface area contributed by atoms with E-state index < -0.39 is 12.0 Å². The summed E-state index contributed by atoms with van der Waals surface area (Å²) >= 11 is 0. The van der Waals surface area contributed by atoms with Crippen molar-refractivity contribution in [2.24, 2.45) is 5.92 Å². The van der Waals surface area contributed by atoms with Gasteiger partial charge in [0, 0.05) is 12.2 Å². The minimum absolute atomic E-state index is 0.0137. The maximum atomic E-state index is 12.2. The molecule has 5 heteroatoms. The largest absolute Gasteiger partial charge is 0.480 e. The molecule has 2 unspecified atom stereocenters. The van der Waals surface area contributed by atoms with Crippen molar-refractivity contribution >= 4 is 17.7 Å². The van der Waals surface area contributed by atoms with Crippen molar-refractivity contribution in [2.45, 2.75) is 39.2 Å². The molecular formula is C16H22N2O3. The Bertz CT molecular complexity index is 513. The van der Waals surface area contributed by atoms with Gasteiger partial charge in [-0.3, -0.25) is 0 Å². The standard InChI is InChI=1S/C16H22N2O3/c1-3-4-12-5-7-13(8-6-12)17-16(21)18-10-9-11(2)14(18)15(19)20/h5-8,11,14H,3-4,9-10H2,1-2H3,(H,17,21)(H,19,20). The Hall–Kier alpha value is -2.04. The topological polar surface area (TPSA) is 69.6 Å². The van der Waals surface area contributed by atoms with E-state index in [9.17, 15) is 14.7 Å². The second-order valence-corrected chi connectivity index (χ2v) is 5.62. The molecule has 1 aromatic carbocycles. The summed E-state index contributed by atoms with van der Waals surface area (Å²) in [6.45, 7) is 4.47. The van der Waals surface area contributed by atoms with Crippen LogP contribution in [0.1, 0.15) is 32.3 Å². The maximum Gasteiger partial charge on any atom is 0.326 e. The number of carbonyl (C=O) groups excluding carboxylic acids is 1. The van der Waals surface area contributed by atoms with Crippen molar-refractivity contribution < 1.29 is 14.7 Å². The number of aryl methyl sites for hydroxylation is 1. The van der Waals surface area contributed by atoms with E-state index >= 15 is 0 Å². The van der Waals surface area contributed by atoms with Crippen LogP contribution in [0.15, 0.2) is 24.3 Å². The van der Waals surface area contributed by atoms with Gasteiger partial charge < -0.3 is 15.3 Å². The van der Waals surface area contributed by atoms with Crippen LogP contribution in [-0.2, 0) is 11.2 Å². The number of benzene rings is 1. The van der Waals surface area contributed by atoms with E-state index in [1.807, 2.05) is 31.2 Å². The predicted molar refractivity (Wildman–Crippen MR) is 81.4 cm³/mol. The molecule has 0 radical (unpaired) electrons. The average molecular weight is 290 g/mol. The number of carboxylic acids is 1. The van der Waals surface area contributed by atoms with Crippen molar-refractivity contribution in [3.05, 3.63) is 29.8 Å². The third-order valence-electron chi connectivity index (χ3n) is 3.96. The average Bonchev–Trinajstić information content (AvgIpc) is 2.83. The van der Waals surface area contributed by atoms with Crippen LogP contribution in [0.4, 0.5) is 10.5 Å². The van der Waals surface area contributed by atoms with Gasteiger partial charge in [0.15, 0.2) is 0 Å². The van der Waals surface area contributed by atoms with Crippen molar-refractivity contribution in [3.63, 3.8) is 0 Å². The van der Waals surface area contributed by atoms with Gasteiger partial charge in [0.25, 0.3) is 0 Å². The van der Waals surface area contributed by atoms with Crippen LogP contribution in [0, 0.1) is 5.92 Å². The number of hydrogen-bond donors (Lipinski definition) is 2. The zero-order chi connectivity index (χ0) is 15.4. The summed E-state index contributed by atoms with van der Waals surface area (Å²) in [4.78, 5) is 24.9. The minimum Gasteiger partial charge on any atom is -0.480 e. The van der Waals surface area contributed by atoms with Gasteiger partial charge >= 0.3 is 12.0 Å². The molecule has 1 aliphatic heterocycles. The smallest absolute Gasteiger partial charge is 0.326 e. The molecule has 2 rings (SSSR count). The van der Waals surface area contributed by atoms with Gasteiger partial charge in [0.2, 0.25) is 0 Å². The Kier molecular flexibility index (Phi) is 4.83. The van der Waals surface area contributed by atoms with Crippen LogP contribution in [0.3, 0.4) is 0 Å². The molecule has 114 valence electrons. The molecule has 0 saturated carbocycles.